The summed E-state index contributed by atoms with van der Waals surface area (Å²) in [6, 6.07) is 11.4. The van der Waals surface area contributed by atoms with E-state index in [0.717, 1.165) is 22.8 Å². The highest BCUT2D eigenvalue weighted by molar-refractivity contribution is 7.99. The number of para-hydroxylation sites is 1. The first-order valence-electron chi connectivity index (χ1n) is 7.87. The van der Waals surface area contributed by atoms with Gasteiger partial charge < -0.3 is 14.4 Å². The summed E-state index contributed by atoms with van der Waals surface area (Å²) in [4.78, 5) is 16.1. The Kier molecular flexibility index (Phi) is 4.29. The molecule has 0 radical (unpaired) electrons. The van der Waals surface area contributed by atoms with Crippen molar-refractivity contribution in [3.8, 4) is 11.5 Å². The Morgan fingerprint density at radius 3 is 2.92 bits per heavy atom. The van der Waals surface area contributed by atoms with Crippen molar-refractivity contribution in [3.05, 3.63) is 47.0 Å². The van der Waals surface area contributed by atoms with Gasteiger partial charge in [-0.25, -0.2) is 0 Å². The number of hydrogen-bond donors (Lipinski definition) is 0. The second-order valence-corrected chi connectivity index (χ2v) is 7.15. The highest BCUT2D eigenvalue weighted by Crippen LogP contribution is 2.40. The van der Waals surface area contributed by atoms with E-state index in [-0.39, 0.29) is 5.91 Å². The largest absolute Gasteiger partial charge is 0.486 e. The number of ether oxygens (including phenoxy) is 2. The molecule has 0 N–H and O–H groups in total. The summed E-state index contributed by atoms with van der Waals surface area (Å²) in [5.74, 6) is 1.99. The van der Waals surface area contributed by atoms with Crippen molar-refractivity contribution in [1.29, 1.82) is 0 Å². The predicted octanol–water partition coefficient (Wildman–Crippen LogP) is 4.25. The maximum Gasteiger partial charge on any atom is 0.258 e. The predicted molar refractivity (Wildman–Crippen MR) is 95.9 cm³/mol. The van der Waals surface area contributed by atoms with Gasteiger partial charge >= 0.3 is 0 Å². The van der Waals surface area contributed by atoms with Crippen LogP contribution in [0, 0.1) is 0 Å². The lowest BCUT2D eigenvalue weighted by atomic mass is 10.1. The van der Waals surface area contributed by atoms with E-state index in [1.807, 2.05) is 23.1 Å². The molecule has 0 fully saturated rings. The number of hydrogen-bond acceptors (Lipinski definition) is 4. The molecule has 24 heavy (non-hydrogen) atoms. The van der Waals surface area contributed by atoms with Gasteiger partial charge in [-0.2, -0.15) is 0 Å². The van der Waals surface area contributed by atoms with Crippen LogP contribution in [-0.4, -0.2) is 31.4 Å². The summed E-state index contributed by atoms with van der Waals surface area (Å²) in [5, 5.41) is 0.410. The van der Waals surface area contributed by atoms with E-state index < -0.39 is 0 Å². The van der Waals surface area contributed by atoms with Crippen LogP contribution in [0.5, 0.6) is 11.5 Å². The third-order valence-corrected chi connectivity index (χ3v) is 5.46. The fraction of sp³-hybridized carbons (Fsp3) is 0.278. The number of carbonyl (C=O) groups excluding carboxylic acids is 1. The number of rotatable bonds is 1. The molecule has 0 saturated heterocycles. The van der Waals surface area contributed by atoms with Gasteiger partial charge in [0.2, 0.25) is 0 Å². The van der Waals surface area contributed by atoms with Crippen molar-refractivity contribution in [1.82, 2.24) is 0 Å². The Morgan fingerprint density at radius 2 is 2.00 bits per heavy atom. The lowest BCUT2D eigenvalue weighted by molar-refractivity contribution is 0.0985. The molecule has 2 aromatic carbocycles. The van der Waals surface area contributed by atoms with Crippen LogP contribution in [-0.2, 0) is 0 Å². The zero-order valence-electron chi connectivity index (χ0n) is 13.0. The Hall–Kier alpha value is -1.85. The molecule has 1 amide bonds. The molecular weight excluding hydrogens is 346 g/mol. The minimum Gasteiger partial charge on any atom is -0.486 e. The lowest BCUT2D eigenvalue weighted by Gasteiger charge is -2.24. The van der Waals surface area contributed by atoms with Crippen LogP contribution < -0.4 is 14.4 Å². The standard InChI is InChI=1S/C18H16ClNO3S/c19-13-10-12(11-15-17(13)23-8-7-22-15)18(21)20-6-3-9-24-16-5-2-1-4-14(16)20/h1-2,4-5,10-11H,3,6-9H2. The van der Waals surface area contributed by atoms with Crippen LogP contribution >= 0.6 is 23.4 Å². The molecule has 0 saturated carbocycles. The number of amides is 1. The highest BCUT2D eigenvalue weighted by Gasteiger charge is 2.25. The molecule has 2 aliphatic heterocycles. The quantitative estimate of drug-likeness (QED) is 0.761. The number of halogens is 1. The van der Waals surface area contributed by atoms with E-state index in [4.69, 9.17) is 21.1 Å². The number of carbonyl (C=O) groups is 1. The third-order valence-electron chi connectivity index (χ3n) is 4.03. The number of anilines is 1. The topological polar surface area (TPSA) is 38.8 Å². The molecule has 2 aromatic rings. The van der Waals surface area contributed by atoms with E-state index in [0.29, 0.717) is 41.8 Å². The van der Waals surface area contributed by atoms with Crippen molar-refractivity contribution in [2.75, 3.05) is 30.4 Å². The summed E-state index contributed by atoms with van der Waals surface area (Å²) in [6.45, 7) is 1.62. The van der Waals surface area contributed by atoms with Crippen LogP contribution in [0.25, 0.3) is 0 Å². The molecule has 4 rings (SSSR count). The zero-order valence-corrected chi connectivity index (χ0v) is 14.5. The lowest BCUT2D eigenvalue weighted by Crippen LogP contribution is -2.32. The number of fused-ring (bicyclic) bond motifs is 2. The minimum atomic E-state index is -0.0659. The summed E-state index contributed by atoms with van der Waals surface area (Å²) < 4.78 is 11.1. The Bertz CT molecular complexity index is 796. The van der Waals surface area contributed by atoms with E-state index in [1.54, 1.807) is 23.9 Å². The van der Waals surface area contributed by atoms with E-state index >= 15 is 0 Å². The van der Waals surface area contributed by atoms with Crippen LogP contribution in [0.4, 0.5) is 5.69 Å². The van der Waals surface area contributed by atoms with Gasteiger partial charge in [-0.05, 0) is 36.4 Å². The molecule has 4 nitrogen and oxygen atoms in total. The first-order valence-corrected chi connectivity index (χ1v) is 9.23. The van der Waals surface area contributed by atoms with E-state index in [2.05, 4.69) is 6.07 Å². The second-order valence-electron chi connectivity index (χ2n) is 5.61. The smallest absolute Gasteiger partial charge is 0.258 e. The molecule has 0 bridgehead atoms. The first-order chi connectivity index (χ1) is 11.7. The van der Waals surface area contributed by atoms with Crippen molar-refractivity contribution < 1.29 is 14.3 Å². The number of thioether (sulfide) groups is 1. The molecule has 0 spiro atoms. The minimum absolute atomic E-state index is 0.0659. The zero-order chi connectivity index (χ0) is 16.5. The van der Waals surface area contributed by atoms with Crippen LogP contribution in [0.3, 0.4) is 0 Å². The number of nitrogens with zero attached hydrogens (tertiary/aromatic N) is 1. The SMILES string of the molecule is O=C(c1cc(Cl)c2c(c1)OCCO2)N1CCCSc2ccccc21. The fourth-order valence-electron chi connectivity index (χ4n) is 2.93. The van der Waals surface area contributed by atoms with Crippen LogP contribution in [0.15, 0.2) is 41.3 Å². The molecule has 2 aliphatic rings. The number of benzene rings is 2. The van der Waals surface area contributed by atoms with Gasteiger partial charge in [-0.15, -0.1) is 11.8 Å². The summed E-state index contributed by atoms with van der Waals surface area (Å²) in [7, 11) is 0. The van der Waals surface area contributed by atoms with Crippen molar-refractivity contribution in [2.24, 2.45) is 0 Å². The summed E-state index contributed by atoms with van der Waals surface area (Å²) >= 11 is 8.07. The van der Waals surface area contributed by atoms with Gasteiger partial charge in [0.25, 0.3) is 5.91 Å². The average Bonchev–Trinajstić information content (AvgIpc) is 2.83. The Labute approximate surface area is 149 Å². The van der Waals surface area contributed by atoms with Crippen LogP contribution in [0.1, 0.15) is 16.8 Å². The molecule has 6 heteroatoms. The molecule has 2 heterocycles. The first kappa shape index (κ1) is 15.7. The van der Waals surface area contributed by atoms with Gasteiger partial charge in [-0.1, -0.05) is 23.7 Å². The van der Waals surface area contributed by atoms with E-state index in [1.165, 1.54) is 0 Å². The summed E-state index contributed by atoms with van der Waals surface area (Å²) in [6.07, 6.45) is 0.948. The second kappa shape index (κ2) is 6.57. The molecule has 0 aliphatic carbocycles. The fourth-order valence-corrected chi connectivity index (χ4v) is 4.19. The monoisotopic (exact) mass is 361 g/mol. The van der Waals surface area contributed by atoms with Gasteiger partial charge in [0.1, 0.15) is 13.2 Å². The Morgan fingerprint density at radius 1 is 1.17 bits per heavy atom. The Balaban J connectivity index is 1.73. The molecule has 0 unspecified atom stereocenters. The average molecular weight is 362 g/mol. The van der Waals surface area contributed by atoms with Crippen LogP contribution in [0.2, 0.25) is 5.02 Å². The van der Waals surface area contributed by atoms with Gasteiger partial charge in [0, 0.05) is 17.0 Å². The molecular formula is C18H16ClNO3S. The highest BCUT2D eigenvalue weighted by atomic mass is 35.5. The molecule has 0 aromatic heterocycles. The summed E-state index contributed by atoms with van der Waals surface area (Å²) in [5.41, 5.74) is 1.47. The van der Waals surface area contributed by atoms with Crippen molar-refractivity contribution in [2.45, 2.75) is 11.3 Å². The molecule has 124 valence electrons. The van der Waals surface area contributed by atoms with Gasteiger partial charge in [-0.3, -0.25) is 4.79 Å². The van der Waals surface area contributed by atoms with Gasteiger partial charge in [0.15, 0.2) is 11.5 Å². The van der Waals surface area contributed by atoms with Crippen molar-refractivity contribution in [3.63, 3.8) is 0 Å². The van der Waals surface area contributed by atoms with Crippen molar-refractivity contribution >= 4 is 35.0 Å². The molecule has 0 atom stereocenters. The third kappa shape index (κ3) is 2.82. The normalized spacial score (nSPS) is 16.3. The van der Waals surface area contributed by atoms with Gasteiger partial charge in [0.05, 0.1) is 10.7 Å². The van der Waals surface area contributed by atoms with E-state index in [9.17, 15) is 4.79 Å². The maximum atomic E-state index is 13.1. The maximum absolute atomic E-state index is 13.1.